The molecule has 16 N–H and O–H groups in total. The summed E-state index contributed by atoms with van der Waals surface area (Å²) in [5.74, 6) is -10.3. The lowest BCUT2D eigenvalue weighted by Crippen LogP contribution is -2.54. The van der Waals surface area contributed by atoms with Gasteiger partial charge in [-0.25, -0.2) is 0 Å². The van der Waals surface area contributed by atoms with Crippen LogP contribution in [0.3, 0.4) is 0 Å². The number of carboxylic acids is 4. The van der Waals surface area contributed by atoms with Gasteiger partial charge in [-0.05, 0) is 6.42 Å². The van der Waals surface area contributed by atoms with Gasteiger partial charge in [-0.15, -0.1) is 0 Å². The largest absolute Gasteiger partial charge is 0.481 e. The van der Waals surface area contributed by atoms with Gasteiger partial charge in [0.1, 0.15) is 0 Å². The molecule has 0 radical (unpaired) electrons. The minimum Gasteiger partial charge on any atom is -0.481 e. The predicted molar refractivity (Wildman–Crippen MR) is 99.2 cm³/mol. The summed E-state index contributed by atoms with van der Waals surface area (Å²) >= 11 is 0. The predicted octanol–water partition coefficient (Wildman–Crippen LogP) is 2.72. The minimum absolute atomic E-state index is 0. The van der Waals surface area contributed by atoms with Gasteiger partial charge in [0.2, 0.25) is 0 Å². The van der Waals surface area contributed by atoms with Gasteiger partial charge in [0.05, 0.1) is 5.92 Å². The van der Waals surface area contributed by atoms with Crippen molar-refractivity contribution in [3.63, 3.8) is 0 Å². The lowest BCUT2D eigenvalue weighted by molar-refractivity contribution is -0.186. The Hall–Kier alpha value is -2.28. The summed E-state index contributed by atoms with van der Waals surface area (Å²) in [7, 11) is 0. The Morgan fingerprint density at radius 3 is 1.30 bits per heavy atom. The zero-order valence-electron chi connectivity index (χ0n) is 16.0. The van der Waals surface area contributed by atoms with Crippen molar-refractivity contribution in [3.8, 4) is 0 Å². The van der Waals surface area contributed by atoms with Crippen molar-refractivity contribution in [2.24, 2.45) is 11.3 Å². The first-order valence-electron chi connectivity index (χ1n) is 7.65. The molecular weight excluding hydrogens is 364 g/mol. The van der Waals surface area contributed by atoms with Crippen LogP contribution in [0, 0.1) is 11.3 Å². The minimum atomic E-state index is -3.37. The van der Waals surface area contributed by atoms with Crippen LogP contribution in [0.2, 0.25) is 0 Å². The highest BCUT2D eigenvalue weighted by molar-refractivity contribution is 6.18. The van der Waals surface area contributed by atoms with Crippen molar-refractivity contribution in [2.45, 2.75) is 58.3 Å². The smallest absolute Gasteiger partial charge is 0.333 e. The van der Waals surface area contributed by atoms with E-state index in [1.165, 1.54) is 0 Å². The van der Waals surface area contributed by atoms with E-state index in [4.69, 9.17) is 20.4 Å². The molecule has 0 rings (SSSR count). The van der Waals surface area contributed by atoms with Gasteiger partial charge in [0, 0.05) is 0 Å². The molecule has 0 aromatic carbocycles. The molecule has 12 nitrogen and oxygen atoms in total. The Morgan fingerprint density at radius 2 is 1.00 bits per heavy atom. The van der Waals surface area contributed by atoms with Crippen molar-refractivity contribution >= 4 is 23.9 Å². The maximum absolute atomic E-state index is 11.3. The highest BCUT2D eigenvalue weighted by Gasteiger charge is 2.62. The van der Waals surface area contributed by atoms with Gasteiger partial charge < -0.3 is 45.0 Å². The number of hydrogen-bond donors (Lipinski definition) is 8. The van der Waals surface area contributed by atoms with Gasteiger partial charge >= 0.3 is 23.9 Å². The zero-order chi connectivity index (χ0) is 18.0. The molecule has 0 aliphatic carbocycles. The Labute approximate surface area is 158 Å². The van der Waals surface area contributed by atoms with E-state index < -0.39 is 35.2 Å². The summed E-state index contributed by atoms with van der Waals surface area (Å²) in [4.78, 5) is 45.0. The van der Waals surface area contributed by atoms with Crippen LogP contribution in [0.1, 0.15) is 58.3 Å². The SMILES string of the molecule is CCCCCCCCCC(C(=O)O)C(C(=O)O)(C(=O)O)C(=O)O.N.N.N.N. The second kappa shape index (κ2) is 17.1. The Kier molecular flexibility index (Phi) is 22.7. The van der Waals surface area contributed by atoms with Crippen molar-refractivity contribution < 1.29 is 39.6 Å². The molecule has 12 heteroatoms. The average Bonchev–Trinajstić information content (AvgIpc) is 2.43. The normalized spacial score (nSPS) is 10.7. The lowest BCUT2D eigenvalue weighted by Gasteiger charge is -2.26. The fourth-order valence-electron chi connectivity index (χ4n) is 2.55. The zero-order valence-corrected chi connectivity index (χ0v) is 16.0. The van der Waals surface area contributed by atoms with Crippen molar-refractivity contribution in [3.05, 3.63) is 0 Å². The molecule has 0 saturated carbocycles. The Balaban J connectivity index is -0.000000403. The maximum atomic E-state index is 11.3. The van der Waals surface area contributed by atoms with Crippen molar-refractivity contribution in [2.75, 3.05) is 0 Å². The maximum Gasteiger partial charge on any atom is 0.333 e. The second-order valence-electron chi connectivity index (χ2n) is 5.52. The van der Waals surface area contributed by atoms with Crippen molar-refractivity contribution in [1.29, 1.82) is 0 Å². The highest BCUT2D eigenvalue weighted by atomic mass is 16.4. The quantitative estimate of drug-likeness (QED) is 0.163. The van der Waals surface area contributed by atoms with Crippen LogP contribution in [0.25, 0.3) is 0 Å². The Bertz CT molecular complexity index is 423. The van der Waals surface area contributed by atoms with Crippen LogP contribution < -0.4 is 24.6 Å². The summed E-state index contributed by atoms with van der Waals surface area (Å²) in [6.07, 6.45) is 5.54. The van der Waals surface area contributed by atoms with Gasteiger partial charge in [-0.1, -0.05) is 51.9 Å². The van der Waals surface area contributed by atoms with Crippen LogP contribution in [-0.4, -0.2) is 44.3 Å². The molecule has 0 aromatic heterocycles. The van der Waals surface area contributed by atoms with Crippen LogP contribution in [0.15, 0.2) is 0 Å². The molecule has 0 heterocycles. The fourth-order valence-corrected chi connectivity index (χ4v) is 2.55. The van der Waals surface area contributed by atoms with E-state index in [0.717, 1.165) is 32.1 Å². The lowest BCUT2D eigenvalue weighted by atomic mass is 9.72. The van der Waals surface area contributed by atoms with Crippen LogP contribution >= 0.6 is 0 Å². The summed E-state index contributed by atoms with van der Waals surface area (Å²) in [6.45, 7) is 2.07. The summed E-state index contributed by atoms with van der Waals surface area (Å²) < 4.78 is 0. The molecule has 0 aromatic rings. The first-order chi connectivity index (χ1) is 10.7. The standard InChI is InChI=1S/C15H24O8.4H3N/c1-2-3-4-5-6-7-8-9-10(11(16)17)15(12(18)19,13(20)21)14(22)23;;;;/h10H,2-9H2,1H3,(H,16,17)(H,18,19)(H,20,21)(H,22,23);4*1H3. The molecule has 0 spiro atoms. The van der Waals surface area contributed by atoms with E-state index in [1.54, 1.807) is 0 Å². The van der Waals surface area contributed by atoms with E-state index in [9.17, 15) is 19.2 Å². The number of rotatable bonds is 13. The van der Waals surface area contributed by atoms with Gasteiger partial charge in [0.25, 0.3) is 5.41 Å². The number of carboxylic acid groups (broad SMARTS) is 4. The van der Waals surface area contributed by atoms with E-state index in [1.807, 2.05) is 0 Å². The topological polar surface area (TPSA) is 289 Å². The third-order valence-corrected chi connectivity index (χ3v) is 3.93. The molecule has 0 fully saturated rings. The van der Waals surface area contributed by atoms with Gasteiger partial charge in [-0.3, -0.25) is 19.2 Å². The Morgan fingerprint density at radius 1 is 0.667 bits per heavy atom. The molecule has 0 bridgehead atoms. The van der Waals surface area contributed by atoms with Crippen LogP contribution in [0.5, 0.6) is 0 Å². The average molecular weight is 400 g/mol. The number of carbonyl (C=O) groups is 4. The van der Waals surface area contributed by atoms with E-state index in [0.29, 0.717) is 6.42 Å². The van der Waals surface area contributed by atoms with Crippen LogP contribution in [-0.2, 0) is 19.2 Å². The third kappa shape index (κ3) is 9.28. The molecular formula is C15H36N4O8. The van der Waals surface area contributed by atoms with E-state index in [2.05, 4.69) is 6.92 Å². The van der Waals surface area contributed by atoms with Gasteiger partial charge in [-0.2, -0.15) is 0 Å². The molecule has 0 saturated heterocycles. The first-order valence-corrected chi connectivity index (χ1v) is 7.65. The van der Waals surface area contributed by atoms with E-state index in [-0.39, 0.29) is 37.4 Å². The number of aliphatic carboxylic acids is 4. The molecule has 164 valence electrons. The first kappa shape index (κ1) is 35.8. The van der Waals surface area contributed by atoms with Crippen LogP contribution in [0.4, 0.5) is 0 Å². The van der Waals surface area contributed by atoms with Gasteiger partial charge in [0.15, 0.2) is 0 Å². The molecule has 1 atom stereocenters. The number of hydrogen-bond acceptors (Lipinski definition) is 8. The van der Waals surface area contributed by atoms with Crippen molar-refractivity contribution in [1.82, 2.24) is 24.6 Å². The fraction of sp³-hybridized carbons (Fsp3) is 0.733. The second-order valence-corrected chi connectivity index (χ2v) is 5.52. The summed E-state index contributed by atoms with van der Waals surface area (Å²) in [5, 5.41) is 36.3. The summed E-state index contributed by atoms with van der Waals surface area (Å²) in [6, 6.07) is 0. The molecule has 1 unspecified atom stereocenters. The molecule has 27 heavy (non-hydrogen) atoms. The number of unbranched alkanes of at least 4 members (excludes halogenated alkanes) is 6. The molecule has 0 amide bonds. The van der Waals surface area contributed by atoms with E-state index >= 15 is 0 Å². The molecule has 0 aliphatic heterocycles. The summed E-state index contributed by atoms with van der Waals surface area (Å²) in [5.41, 5.74) is -3.37. The molecule has 0 aliphatic rings. The monoisotopic (exact) mass is 400 g/mol. The highest BCUT2D eigenvalue weighted by Crippen LogP contribution is 2.34. The third-order valence-electron chi connectivity index (χ3n) is 3.93.